The molecular weight excluding hydrogens is 442 g/mol. The number of para-hydroxylation sites is 2. The Labute approximate surface area is 196 Å². The molecular formula is C24H35N3O3S2. The van der Waals surface area contributed by atoms with Gasteiger partial charge in [-0.25, -0.2) is 13.4 Å². The van der Waals surface area contributed by atoms with Gasteiger partial charge in [0.25, 0.3) is 0 Å². The van der Waals surface area contributed by atoms with Crippen LogP contribution >= 0.6 is 11.8 Å². The number of imidazole rings is 1. The summed E-state index contributed by atoms with van der Waals surface area (Å²) in [6.45, 7) is 5.31. The molecule has 1 saturated heterocycles. The summed E-state index contributed by atoms with van der Waals surface area (Å²) in [6, 6.07) is 8.14. The van der Waals surface area contributed by atoms with Gasteiger partial charge in [-0.3, -0.25) is 4.79 Å². The van der Waals surface area contributed by atoms with E-state index in [9.17, 15) is 13.2 Å². The highest BCUT2D eigenvalue weighted by molar-refractivity contribution is 7.99. The summed E-state index contributed by atoms with van der Waals surface area (Å²) in [6.07, 6.45) is 7.03. The molecule has 6 nitrogen and oxygen atoms in total. The first kappa shape index (κ1) is 23.6. The van der Waals surface area contributed by atoms with E-state index in [0.717, 1.165) is 54.8 Å². The third kappa shape index (κ3) is 5.50. The van der Waals surface area contributed by atoms with Crippen LogP contribution in [0.3, 0.4) is 0 Å². The van der Waals surface area contributed by atoms with Crippen LogP contribution in [0.5, 0.6) is 0 Å². The topological polar surface area (TPSA) is 72.3 Å². The van der Waals surface area contributed by atoms with Crippen molar-refractivity contribution in [1.82, 2.24) is 14.5 Å². The zero-order chi connectivity index (χ0) is 22.7. The van der Waals surface area contributed by atoms with Crippen molar-refractivity contribution in [2.75, 3.05) is 17.3 Å². The Hall–Kier alpha value is -1.54. The lowest BCUT2D eigenvalue weighted by Gasteiger charge is -2.38. The van der Waals surface area contributed by atoms with E-state index < -0.39 is 9.84 Å². The van der Waals surface area contributed by atoms with E-state index in [1.165, 1.54) is 18.2 Å². The largest absolute Gasteiger partial charge is 0.335 e. The fourth-order valence-corrected chi connectivity index (χ4v) is 7.65. The Bertz CT molecular complexity index is 1040. The quantitative estimate of drug-likeness (QED) is 0.523. The van der Waals surface area contributed by atoms with Gasteiger partial charge in [0.1, 0.15) is 0 Å². The van der Waals surface area contributed by atoms with Crippen molar-refractivity contribution in [3.05, 3.63) is 24.3 Å². The lowest BCUT2D eigenvalue weighted by Crippen LogP contribution is -2.49. The van der Waals surface area contributed by atoms with Gasteiger partial charge in [0.15, 0.2) is 15.0 Å². The molecule has 0 N–H and O–H groups in total. The highest BCUT2D eigenvalue weighted by Gasteiger charge is 2.38. The molecule has 2 aromatic rings. The molecule has 1 atom stereocenters. The van der Waals surface area contributed by atoms with Crippen molar-refractivity contribution in [3.63, 3.8) is 0 Å². The van der Waals surface area contributed by atoms with Crippen molar-refractivity contribution in [2.24, 2.45) is 5.92 Å². The molecule has 1 aromatic heterocycles. The SMILES string of the molecule is CC(C)CCn1c(SCC(=O)N(C2CCCCC2)C2CCS(=O)(=O)C2)nc2ccccc21. The second-order valence-corrected chi connectivity index (χ2v) is 12.8. The summed E-state index contributed by atoms with van der Waals surface area (Å²) in [5.41, 5.74) is 2.06. The van der Waals surface area contributed by atoms with Crippen LogP contribution in [0.2, 0.25) is 0 Å². The number of fused-ring (bicyclic) bond motifs is 1. The van der Waals surface area contributed by atoms with Crippen LogP contribution in [0.4, 0.5) is 0 Å². The van der Waals surface area contributed by atoms with Crippen LogP contribution in [-0.4, -0.2) is 58.1 Å². The molecule has 0 bridgehead atoms. The van der Waals surface area contributed by atoms with Crippen LogP contribution in [0.25, 0.3) is 11.0 Å². The van der Waals surface area contributed by atoms with Gasteiger partial charge in [-0.2, -0.15) is 0 Å². The van der Waals surface area contributed by atoms with Crippen LogP contribution in [0.15, 0.2) is 29.4 Å². The number of hydrogen-bond acceptors (Lipinski definition) is 5. The number of amides is 1. The number of benzene rings is 1. The minimum atomic E-state index is -3.04. The molecule has 32 heavy (non-hydrogen) atoms. The molecule has 1 aromatic carbocycles. The zero-order valence-corrected chi connectivity index (χ0v) is 20.8. The smallest absolute Gasteiger partial charge is 0.233 e. The van der Waals surface area contributed by atoms with E-state index in [4.69, 9.17) is 4.98 Å². The van der Waals surface area contributed by atoms with Gasteiger partial charge in [-0.15, -0.1) is 0 Å². The van der Waals surface area contributed by atoms with Crippen LogP contribution < -0.4 is 0 Å². The average Bonchev–Trinajstić information content (AvgIpc) is 3.30. The monoisotopic (exact) mass is 477 g/mol. The molecule has 2 fully saturated rings. The van der Waals surface area contributed by atoms with Gasteiger partial charge in [0.05, 0.1) is 28.3 Å². The standard InChI is InChI=1S/C24H35N3O3S2/c1-18(2)12-14-26-22-11-7-6-10-21(22)25-24(26)31-16-23(28)27(19-8-4-3-5-9-19)20-13-15-32(29,30)17-20/h6-7,10-11,18-20H,3-5,8-9,12-17H2,1-2H3. The number of carbonyl (C=O) groups excluding carboxylic acids is 1. The van der Waals surface area contributed by atoms with E-state index in [1.807, 2.05) is 23.1 Å². The van der Waals surface area contributed by atoms with Crippen LogP contribution in [-0.2, 0) is 21.2 Å². The highest BCUT2D eigenvalue weighted by Crippen LogP contribution is 2.31. The maximum absolute atomic E-state index is 13.5. The average molecular weight is 478 g/mol. The number of hydrogen-bond donors (Lipinski definition) is 0. The predicted octanol–water partition coefficient (Wildman–Crippen LogP) is 4.52. The first-order valence-corrected chi connectivity index (χ1v) is 14.7. The fourth-order valence-electron chi connectivity index (χ4n) is 5.03. The highest BCUT2D eigenvalue weighted by atomic mass is 32.2. The van der Waals surface area contributed by atoms with Crippen LogP contribution in [0.1, 0.15) is 58.8 Å². The number of thioether (sulfide) groups is 1. The van der Waals surface area contributed by atoms with Crippen molar-refractivity contribution in [3.8, 4) is 0 Å². The molecule has 1 saturated carbocycles. The molecule has 2 aliphatic rings. The predicted molar refractivity (Wildman–Crippen MR) is 131 cm³/mol. The van der Waals surface area contributed by atoms with E-state index in [1.54, 1.807) is 0 Å². The molecule has 0 radical (unpaired) electrons. The third-order valence-corrected chi connectivity index (χ3v) is 9.44. The number of aryl methyl sites for hydroxylation is 1. The lowest BCUT2D eigenvalue weighted by molar-refractivity contribution is -0.133. The number of sulfone groups is 1. The van der Waals surface area contributed by atoms with Crippen molar-refractivity contribution in [2.45, 2.75) is 82.6 Å². The van der Waals surface area contributed by atoms with Gasteiger partial charge in [-0.05, 0) is 43.7 Å². The summed E-state index contributed by atoms with van der Waals surface area (Å²) in [7, 11) is -3.04. The number of rotatable bonds is 8. The second-order valence-electron chi connectivity index (χ2n) is 9.66. The third-order valence-electron chi connectivity index (χ3n) is 6.73. The first-order valence-electron chi connectivity index (χ1n) is 11.9. The summed E-state index contributed by atoms with van der Waals surface area (Å²) >= 11 is 1.49. The second kappa shape index (κ2) is 10.2. The normalized spacial score (nSPS) is 21.4. The summed E-state index contributed by atoms with van der Waals surface area (Å²) in [5, 5.41) is 0.878. The minimum Gasteiger partial charge on any atom is -0.335 e. The zero-order valence-electron chi connectivity index (χ0n) is 19.2. The van der Waals surface area contributed by atoms with Gasteiger partial charge < -0.3 is 9.47 Å². The molecule has 4 rings (SSSR count). The minimum absolute atomic E-state index is 0.0615. The van der Waals surface area contributed by atoms with Crippen molar-refractivity contribution >= 4 is 38.5 Å². The molecule has 1 aliphatic carbocycles. The van der Waals surface area contributed by atoms with Gasteiger partial charge in [-0.1, -0.05) is 57.0 Å². The molecule has 1 unspecified atom stereocenters. The maximum Gasteiger partial charge on any atom is 0.233 e. The molecule has 2 heterocycles. The van der Waals surface area contributed by atoms with E-state index in [0.29, 0.717) is 18.1 Å². The summed E-state index contributed by atoms with van der Waals surface area (Å²) in [5.74, 6) is 1.27. The Morgan fingerprint density at radius 3 is 2.59 bits per heavy atom. The molecule has 0 spiro atoms. The molecule has 1 amide bonds. The summed E-state index contributed by atoms with van der Waals surface area (Å²) < 4.78 is 26.5. The van der Waals surface area contributed by atoms with E-state index in [-0.39, 0.29) is 29.5 Å². The van der Waals surface area contributed by atoms with Gasteiger partial charge >= 0.3 is 0 Å². The van der Waals surface area contributed by atoms with Gasteiger partial charge in [0, 0.05) is 18.6 Å². The number of nitrogens with zero attached hydrogens (tertiary/aromatic N) is 3. The first-order chi connectivity index (χ1) is 15.3. The Kier molecular flexibility index (Phi) is 7.50. The van der Waals surface area contributed by atoms with Crippen molar-refractivity contribution < 1.29 is 13.2 Å². The fraction of sp³-hybridized carbons (Fsp3) is 0.667. The maximum atomic E-state index is 13.5. The molecule has 1 aliphatic heterocycles. The number of carbonyl (C=O) groups is 1. The Morgan fingerprint density at radius 1 is 1.16 bits per heavy atom. The van der Waals surface area contributed by atoms with E-state index >= 15 is 0 Å². The van der Waals surface area contributed by atoms with E-state index in [2.05, 4.69) is 24.5 Å². The van der Waals surface area contributed by atoms with Crippen LogP contribution in [0, 0.1) is 5.92 Å². The summed E-state index contributed by atoms with van der Waals surface area (Å²) in [4.78, 5) is 20.3. The lowest BCUT2D eigenvalue weighted by atomic mass is 9.93. The van der Waals surface area contributed by atoms with Crippen molar-refractivity contribution in [1.29, 1.82) is 0 Å². The Morgan fingerprint density at radius 2 is 1.91 bits per heavy atom. The molecule has 8 heteroatoms. The number of aromatic nitrogens is 2. The Balaban J connectivity index is 1.52. The van der Waals surface area contributed by atoms with Gasteiger partial charge in [0.2, 0.25) is 5.91 Å². The molecule has 176 valence electrons.